The normalized spacial score (nSPS) is 19.2. The van der Waals surface area contributed by atoms with Gasteiger partial charge in [0.15, 0.2) is 5.96 Å². The average Bonchev–Trinajstić information content (AvgIpc) is 2.67. The fourth-order valence-corrected chi connectivity index (χ4v) is 3.18. The van der Waals surface area contributed by atoms with Crippen molar-refractivity contribution in [2.24, 2.45) is 4.99 Å². The van der Waals surface area contributed by atoms with Crippen LogP contribution in [0.15, 0.2) is 35.3 Å². The maximum Gasteiger partial charge on any atom is 0.191 e. The number of rotatable bonds is 8. The molecule has 0 amide bonds. The Kier molecular flexibility index (Phi) is 8.88. The van der Waals surface area contributed by atoms with Gasteiger partial charge in [-0.3, -0.25) is 9.89 Å². The van der Waals surface area contributed by atoms with Crippen LogP contribution in [0.25, 0.3) is 0 Å². The number of benzene rings is 1. The molecule has 1 heterocycles. The molecule has 6 nitrogen and oxygen atoms in total. The van der Waals surface area contributed by atoms with Gasteiger partial charge in [0.2, 0.25) is 0 Å². The summed E-state index contributed by atoms with van der Waals surface area (Å²) in [5, 5.41) is 16.4. The second-order valence-corrected chi connectivity index (χ2v) is 7.08. The average molecular weight is 362 g/mol. The Bertz CT molecular complexity index is 528. The molecule has 0 aliphatic carbocycles. The van der Waals surface area contributed by atoms with Crippen LogP contribution in [-0.2, 0) is 0 Å². The van der Waals surface area contributed by atoms with E-state index in [1.807, 2.05) is 18.2 Å². The summed E-state index contributed by atoms with van der Waals surface area (Å²) in [7, 11) is 2.18. The van der Waals surface area contributed by atoms with Crippen molar-refractivity contribution in [2.75, 3.05) is 59.5 Å². The molecule has 1 saturated heterocycles. The Balaban J connectivity index is 1.87. The molecular weight excluding hydrogens is 326 g/mol. The van der Waals surface area contributed by atoms with Crippen LogP contribution in [0.2, 0.25) is 0 Å². The number of aliphatic hydroxyl groups is 1. The van der Waals surface area contributed by atoms with Gasteiger partial charge in [0, 0.05) is 51.2 Å². The molecule has 6 heteroatoms. The van der Waals surface area contributed by atoms with Crippen molar-refractivity contribution < 1.29 is 5.11 Å². The van der Waals surface area contributed by atoms with Crippen LogP contribution in [0.3, 0.4) is 0 Å². The van der Waals surface area contributed by atoms with Crippen LogP contribution in [0.5, 0.6) is 0 Å². The van der Waals surface area contributed by atoms with E-state index >= 15 is 0 Å². The number of nitrogens with zero attached hydrogens (tertiary/aromatic N) is 3. The minimum atomic E-state index is 0.0649. The van der Waals surface area contributed by atoms with Crippen LogP contribution < -0.4 is 10.6 Å². The van der Waals surface area contributed by atoms with Gasteiger partial charge in [-0.25, -0.2) is 0 Å². The highest BCUT2D eigenvalue weighted by Crippen LogP contribution is 2.13. The van der Waals surface area contributed by atoms with Crippen molar-refractivity contribution in [3.8, 4) is 0 Å². The first kappa shape index (κ1) is 20.7. The van der Waals surface area contributed by atoms with Crippen LogP contribution in [-0.4, -0.2) is 86.4 Å². The minimum Gasteiger partial charge on any atom is -0.396 e. The Labute approximate surface area is 158 Å². The lowest BCUT2D eigenvalue weighted by atomic mass is 10.0. The number of aliphatic hydroxyl groups excluding tert-OH is 1. The molecule has 1 aromatic carbocycles. The lowest BCUT2D eigenvalue weighted by Gasteiger charge is -2.35. The van der Waals surface area contributed by atoms with Crippen molar-refractivity contribution >= 4 is 5.96 Å². The number of guanidine groups is 1. The fourth-order valence-electron chi connectivity index (χ4n) is 3.18. The number of likely N-dealkylation sites (N-methyl/N-ethyl adjacent to an activating group) is 1. The molecular formula is C20H35N5O. The SMILES string of the molecule is CCNC(=NCC(C)N1CCN(C)CC1)NCC(CO)c1ccccc1. The first-order valence-corrected chi connectivity index (χ1v) is 9.74. The van der Waals surface area contributed by atoms with E-state index in [1.165, 1.54) is 0 Å². The van der Waals surface area contributed by atoms with Gasteiger partial charge in [0.05, 0.1) is 13.2 Å². The van der Waals surface area contributed by atoms with Crippen molar-refractivity contribution in [2.45, 2.75) is 25.8 Å². The zero-order valence-electron chi connectivity index (χ0n) is 16.5. The number of aliphatic imine (C=N–C) groups is 1. The molecule has 146 valence electrons. The van der Waals surface area contributed by atoms with Gasteiger partial charge in [0.25, 0.3) is 0 Å². The van der Waals surface area contributed by atoms with Gasteiger partial charge < -0.3 is 20.6 Å². The summed E-state index contributed by atoms with van der Waals surface area (Å²) in [5.74, 6) is 0.887. The predicted octanol–water partition coefficient (Wildman–Crippen LogP) is 0.954. The highest BCUT2D eigenvalue weighted by molar-refractivity contribution is 5.79. The molecule has 3 N–H and O–H groups in total. The van der Waals surface area contributed by atoms with Crippen LogP contribution in [0.4, 0.5) is 0 Å². The van der Waals surface area contributed by atoms with Gasteiger partial charge in [-0.1, -0.05) is 30.3 Å². The summed E-state index contributed by atoms with van der Waals surface area (Å²) in [6.45, 7) is 11.2. The number of hydrogen-bond acceptors (Lipinski definition) is 4. The Morgan fingerprint density at radius 2 is 1.85 bits per heavy atom. The van der Waals surface area contributed by atoms with Gasteiger partial charge in [-0.15, -0.1) is 0 Å². The molecule has 1 fully saturated rings. The maximum absolute atomic E-state index is 9.72. The molecule has 2 unspecified atom stereocenters. The van der Waals surface area contributed by atoms with Crippen LogP contribution >= 0.6 is 0 Å². The first-order chi connectivity index (χ1) is 12.6. The smallest absolute Gasteiger partial charge is 0.191 e. The van der Waals surface area contributed by atoms with E-state index in [0.717, 1.165) is 50.8 Å². The maximum atomic E-state index is 9.72. The number of piperazine rings is 1. The summed E-state index contributed by atoms with van der Waals surface area (Å²) in [6.07, 6.45) is 0. The monoisotopic (exact) mass is 361 g/mol. The van der Waals surface area contributed by atoms with E-state index in [2.05, 4.69) is 53.5 Å². The third-order valence-corrected chi connectivity index (χ3v) is 5.03. The lowest BCUT2D eigenvalue weighted by Crippen LogP contribution is -2.49. The lowest BCUT2D eigenvalue weighted by molar-refractivity contribution is 0.122. The number of nitrogens with one attached hydrogen (secondary N) is 2. The van der Waals surface area contributed by atoms with Gasteiger partial charge in [0.1, 0.15) is 0 Å². The molecule has 26 heavy (non-hydrogen) atoms. The molecule has 2 rings (SSSR count). The third-order valence-electron chi connectivity index (χ3n) is 5.03. The third kappa shape index (κ3) is 6.59. The molecule has 0 spiro atoms. The van der Waals surface area contributed by atoms with Crippen molar-refractivity contribution in [3.05, 3.63) is 35.9 Å². The second kappa shape index (κ2) is 11.2. The van der Waals surface area contributed by atoms with E-state index in [4.69, 9.17) is 4.99 Å². The van der Waals surface area contributed by atoms with E-state index in [0.29, 0.717) is 12.6 Å². The number of hydrogen-bond donors (Lipinski definition) is 3. The first-order valence-electron chi connectivity index (χ1n) is 9.74. The molecule has 2 atom stereocenters. The van der Waals surface area contributed by atoms with E-state index in [9.17, 15) is 5.11 Å². The van der Waals surface area contributed by atoms with Gasteiger partial charge in [-0.2, -0.15) is 0 Å². The van der Waals surface area contributed by atoms with E-state index in [1.54, 1.807) is 0 Å². The molecule has 1 aliphatic rings. The van der Waals surface area contributed by atoms with E-state index in [-0.39, 0.29) is 12.5 Å². The highest BCUT2D eigenvalue weighted by Gasteiger charge is 2.19. The zero-order chi connectivity index (χ0) is 18.8. The molecule has 0 bridgehead atoms. The topological polar surface area (TPSA) is 63.1 Å². The molecule has 0 aromatic heterocycles. The summed E-state index contributed by atoms with van der Waals surface area (Å²) in [6, 6.07) is 10.6. The van der Waals surface area contributed by atoms with Crippen molar-refractivity contribution in [3.63, 3.8) is 0 Å². The zero-order valence-corrected chi connectivity index (χ0v) is 16.5. The summed E-state index contributed by atoms with van der Waals surface area (Å²) in [5.41, 5.74) is 1.14. The Morgan fingerprint density at radius 1 is 1.15 bits per heavy atom. The molecule has 1 aliphatic heterocycles. The summed E-state index contributed by atoms with van der Waals surface area (Å²) >= 11 is 0. The summed E-state index contributed by atoms with van der Waals surface area (Å²) in [4.78, 5) is 9.64. The standard InChI is InChI=1S/C20H35N5O/c1-4-21-20(22-14-17(2)25-12-10-24(3)11-13-25)23-15-19(16-26)18-8-6-5-7-9-18/h5-9,17,19,26H,4,10-16H2,1-3H3,(H2,21,22,23). The highest BCUT2D eigenvalue weighted by atomic mass is 16.3. The van der Waals surface area contributed by atoms with E-state index < -0.39 is 0 Å². The molecule has 1 aromatic rings. The van der Waals surface area contributed by atoms with Gasteiger partial charge >= 0.3 is 0 Å². The fraction of sp³-hybridized carbons (Fsp3) is 0.650. The quantitative estimate of drug-likeness (QED) is 0.475. The molecule has 0 saturated carbocycles. The van der Waals surface area contributed by atoms with Crippen LogP contribution in [0.1, 0.15) is 25.3 Å². The Morgan fingerprint density at radius 3 is 2.46 bits per heavy atom. The van der Waals surface area contributed by atoms with Gasteiger partial charge in [-0.05, 0) is 26.5 Å². The van der Waals surface area contributed by atoms with Crippen molar-refractivity contribution in [1.29, 1.82) is 0 Å². The second-order valence-electron chi connectivity index (χ2n) is 7.08. The largest absolute Gasteiger partial charge is 0.396 e. The van der Waals surface area contributed by atoms with Crippen molar-refractivity contribution in [1.82, 2.24) is 20.4 Å². The predicted molar refractivity (Wildman–Crippen MR) is 109 cm³/mol. The summed E-state index contributed by atoms with van der Waals surface area (Å²) < 4.78 is 0. The minimum absolute atomic E-state index is 0.0649. The van der Waals surface area contributed by atoms with Crippen LogP contribution in [0, 0.1) is 0 Å². The Hall–Kier alpha value is -1.63. The molecule has 0 radical (unpaired) electrons.